The second kappa shape index (κ2) is 8.89. The van der Waals surface area contributed by atoms with Gasteiger partial charge in [0.1, 0.15) is 11.5 Å². The van der Waals surface area contributed by atoms with Gasteiger partial charge in [-0.15, -0.1) is 4.91 Å². The molecule has 2 aromatic rings. The topological polar surface area (TPSA) is 111 Å². The molecule has 0 spiro atoms. The lowest BCUT2D eigenvalue weighted by atomic mass is 9.81. The third-order valence-corrected chi connectivity index (χ3v) is 6.95. The van der Waals surface area contributed by atoms with Gasteiger partial charge in [0.05, 0.1) is 21.3 Å². The molecule has 3 rings (SSSR count). The first kappa shape index (κ1) is 21.2. The quantitative estimate of drug-likeness (QED) is 0.523. The number of ether oxygens (including phenoxy) is 2. The average molecular weight is 439 g/mol. The van der Waals surface area contributed by atoms with E-state index in [4.69, 9.17) is 21.1 Å². The zero-order chi connectivity index (χ0) is 20.9. The van der Waals surface area contributed by atoms with Crippen molar-refractivity contribution in [2.45, 2.75) is 17.7 Å². The Kier molecular flexibility index (Phi) is 6.51. The van der Waals surface area contributed by atoms with E-state index in [0.717, 1.165) is 0 Å². The summed E-state index contributed by atoms with van der Waals surface area (Å²) in [6.07, 6.45) is 0.372. The minimum atomic E-state index is -3.81. The van der Waals surface area contributed by atoms with Crippen LogP contribution in [0.5, 0.6) is 11.5 Å². The van der Waals surface area contributed by atoms with Gasteiger partial charge in [0.15, 0.2) is 9.84 Å². The Labute approximate surface area is 173 Å². The van der Waals surface area contributed by atoms with Gasteiger partial charge in [0.2, 0.25) is 5.91 Å². The lowest BCUT2D eigenvalue weighted by molar-refractivity contribution is -0.134. The standard InChI is InChI=1S/C19H19ClN2O6S/c20-14-1-3-15(4-2-14)28-16-5-7-17(8-6-16)29(25,26)13-19(18(23)21-22-24)9-11-27-12-10-19/h1-8H,9-13H2,(H,21,23,24). The third-order valence-electron chi connectivity index (χ3n) is 4.78. The monoisotopic (exact) mass is 438 g/mol. The lowest BCUT2D eigenvalue weighted by Crippen LogP contribution is -2.47. The van der Waals surface area contributed by atoms with Crippen molar-refractivity contribution in [2.75, 3.05) is 19.0 Å². The van der Waals surface area contributed by atoms with E-state index in [1.807, 2.05) is 5.43 Å². The number of nitrogens with one attached hydrogen (secondary N) is 1. The van der Waals surface area contributed by atoms with Crippen LogP contribution in [-0.4, -0.2) is 33.3 Å². The fourth-order valence-corrected chi connectivity index (χ4v) is 5.15. The second-order valence-corrected chi connectivity index (χ2v) is 9.14. The highest BCUT2D eigenvalue weighted by Crippen LogP contribution is 2.35. The Morgan fingerprint density at radius 2 is 1.62 bits per heavy atom. The molecule has 154 valence electrons. The first-order valence-corrected chi connectivity index (χ1v) is 10.8. The highest BCUT2D eigenvalue weighted by Gasteiger charge is 2.44. The van der Waals surface area contributed by atoms with Gasteiger partial charge >= 0.3 is 0 Å². The van der Waals surface area contributed by atoms with E-state index in [0.29, 0.717) is 16.5 Å². The van der Waals surface area contributed by atoms with Crippen LogP contribution in [-0.2, 0) is 19.4 Å². The molecule has 10 heteroatoms. The average Bonchev–Trinajstić information content (AvgIpc) is 2.71. The summed E-state index contributed by atoms with van der Waals surface area (Å²) in [6.45, 7) is 0.464. The normalized spacial score (nSPS) is 16.0. The first-order valence-electron chi connectivity index (χ1n) is 8.81. The number of amides is 1. The van der Waals surface area contributed by atoms with E-state index in [9.17, 15) is 18.1 Å². The van der Waals surface area contributed by atoms with Crippen molar-refractivity contribution in [3.63, 3.8) is 0 Å². The van der Waals surface area contributed by atoms with E-state index in [2.05, 4.69) is 5.29 Å². The molecule has 0 unspecified atom stereocenters. The highest BCUT2D eigenvalue weighted by atomic mass is 35.5. The fourth-order valence-electron chi connectivity index (χ4n) is 3.16. The molecule has 1 amide bonds. The SMILES string of the molecule is O=NNC(=O)C1(CS(=O)(=O)c2ccc(Oc3ccc(Cl)cc3)cc2)CCOCC1. The zero-order valence-electron chi connectivity index (χ0n) is 15.3. The van der Waals surface area contributed by atoms with Crippen LogP contribution in [0.3, 0.4) is 0 Å². The molecule has 2 aromatic carbocycles. The summed E-state index contributed by atoms with van der Waals surface area (Å²) < 4.78 is 36.8. The Hall–Kier alpha value is -2.49. The van der Waals surface area contributed by atoms with E-state index in [1.54, 1.807) is 24.3 Å². The lowest BCUT2D eigenvalue weighted by Gasteiger charge is -2.34. The van der Waals surface area contributed by atoms with Crippen molar-refractivity contribution in [1.29, 1.82) is 0 Å². The molecule has 0 atom stereocenters. The fraction of sp³-hybridized carbons (Fsp3) is 0.316. The number of hydrogen-bond acceptors (Lipinski definition) is 7. The van der Waals surface area contributed by atoms with E-state index >= 15 is 0 Å². The highest BCUT2D eigenvalue weighted by molar-refractivity contribution is 7.91. The Balaban J connectivity index is 1.78. The van der Waals surface area contributed by atoms with Crippen LogP contribution >= 0.6 is 11.6 Å². The minimum Gasteiger partial charge on any atom is -0.457 e. The summed E-state index contributed by atoms with van der Waals surface area (Å²) >= 11 is 5.84. The van der Waals surface area contributed by atoms with Gasteiger partial charge in [-0.25, -0.2) is 13.8 Å². The molecule has 0 aromatic heterocycles. The van der Waals surface area contributed by atoms with Crippen LogP contribution in [0.1, 0.15) is 12.8 Å². The van der Waals surface area contributed by atoms with Gasteiger partial charge in [-0.3, -0.25) is 4.79 Å². The maximum Gasteiger partial charge on any atom is 0.250 e. The van der Waals surface area contributed by atoms with Crippen LogP contribution in [0.2, 0.25) is 5.02 Å². The van der Waals surface area contributed by atoms with Crippen LogP contribution in [0.15, 0.2) is 58.7 Å². The van der Waals surface area contributed by atoms with Crippen molar-refractivity contribution >= 4 is 27.3 Å². The molecule has 1 aliphatic rings. The summed E-state index contributed by atoms with van der Waals surface area (Å²) in [7, 11) is -3.81. The molecule has 0 aliphatic carbocycles. The minimum absolute atomic E-state index is 0.0543. The molecule has 8 nitrogen and oxygen atoms in total. The maximum atomic E-state index is 12.9. The third kappa shape index (κ3) is 5.11. The molecule has 1 aliphatic heterocycles. The van der Waals surface area contributed by atoms with Crippen LogP contribution in [0, 0.1) is 10.3 Å². The molecular weight excluding hydrogens is 420 g/mol. The number of carbonyl (C=O) groups excluding carboxylic acids is 1. The molecule has 0 radical (unpaired) electrons. The van der Waals surface area contributed by atoms with Crippen molar-refractivity contribution < 1.29 is 22.7 Å². The molecule has 1 N–H and O–H groups in total. The Morgan fingerprint density at radius 3 is 2.17 bits per heavy atom. The number of carbonyl (C=O) groups is 1. The summed E-state index contributed by atoms with van der Waals surface area (Å²) in [5.41, 5.74) is 0.591. The number of nitroso groups, excluding NO2 is 1. The summed E-state index contributed by atoms with van der Waals surface area (Å²) in [4.78, 5) is 22.9. The van der Waals surface area contributed by atoms with E-state index in [1.165, 1.54) is 24.3 Å². The second-order valence-electron chi connectivity index (χ2n) is 6.71. The van der Waals surface area contributed by atoms with Gasteiger partial charge < -0.3 is 9.47 Å². The van der Waals surface area contributed by atoms with Gasteiger partial charge in [0.25, 0.3) is 0 Å². The molecule has 1 heterocycles. The molecule has 1 fully saturated rings. The molecule has 29 heavy (non-hydrogen) atoms. The van der Waals surface area contributed by atoms with Gasteiger partial charge in [-0.05, 0) is 61.4 Å². The smallest absolute Gasteiger partial charge is 0.250 e. The first-order chi connectivity index (χ1) is 13.8. The number of rotatable bonds is 7. The van der Waals surface area contributed by atoms with Gasteiger partial charge in [-0.2, -0.15) is 0 Å². The predicted octanol–water partition coefficient (Wildman–Crippen LogP) is 3.50. The van der Waals surface area contributed by atoms with E-state index < -0.39 is 26.9 Å². The Bertz CT molecular complexity index is 971. The van der Waals surface area contributed by atoms with E-state index in [-0.39, 0.29) is 31.0 Å². The molecule has 0 saturated carbocycles. The summed E-state index contributed by atoms with van der Waals surface area (Å²) in [6, 6.07) is 12.7. The molecule has 0 bridgehead atoms. The van der Waals surface area contributed by atoms with Crippen molar-refractivity contribution in [1.82, 2.24) is 5.43 Å². The largest absolute Gasteiger partial charge is 0.457 e. The maximum absolute atomic E-state index is 12.9. The summed E-state index contributed by atoms with van der Waals surface area (Å²) in [5, 5.41) is 2.98. The molecular formula is C19H19ClN2O6S. The number of hydrogen-bond donors (Lipinski definition) is 1. The summed E-state index contributed by atoms with van der Waals surface area (Å²) in [5.74, 6) is -0.136. The zero-order valence-corrected chi connectivity index (χ0v) is 16.9. The number of benzene rings is 2. The van der Waals surface area contributed by atoms with Crippen LogP contribution in [0.4, 0.5) is 0 Å². The number of sulfone groups is 1. The number of halogens is 1. The Morgan fingerprint density at radius 1 is 1.07 bits per heavy atom. The van der Waals surface area contributed by atoms with Gasteiger partial charge in [0, 0.05) is 18.2 Å². The van der Waals surface area contributed by atoms with Crippen molar-refractivity contribution in [2.24, 2.45) is 10.7 Å². The molecule has 1 saturated heterocycles. The van der Waals surface area contributed by atoms with Gasteiger partial charge in [-0.1, -0.05) is 11.6 Å². The van der Waals surface area contributed by atoms with Crippen molar-refractivity contribution in [3.05, 3.63) is 58.5 Å². The predicted molar refractivity (Wildman–Crippen MR) is 106 cm³/mol. The van der Waals surface area contributed by atoms with Crippen molar-refractivity contribution in [3.8, 4) is 11.5 Å². The number of nitrogens with zero attached hydrogens (tertiary/aromatic N) is 1. The van der Waals surface area contributed by atoms with Crippen LogP contribution < -0.4 is 10.2 Å². The van der Waals surface area contributed by atoms with Crippen LogP contribution in [0.25, 0.3) is 0 Å².